The quantitative estimate of drug-likeness (QED) is 0.797. The van der Waals surface area contributed by atoms with Gasteiger partial charge in [0.05, 0.1) is 5.92 Å². The van der Waals surface area contributed by atoms with E-state index in [1.54, 1.807) is 0 Å². The number of carbonyl (C=O) groups is 2. The Kier molecular flexibility index (Phi) is 4.74. The normalized spacial score (nSPS) is 19.7. The van der Waals surface area contributed by atoms with Crippen molar-refractivity contribution >= 4 is 17.5 Å². The SMILES string of the molecule is CC(C)(C)c1ccccc1N1CC(C(=O)N2CCc3ccccc3C2)CC1=O. The molecular formula is C24H28N2O2. The summed E-state index contributed by atoms with van der Waals surface area (Å²) in [6.45, 7) is 8.32. The Bertz CT molecular complexity index is 913. The van der Waals surface area contributed by atoms with Gasteiger partial charge in [0.2, 0.25) is 11.8 Å². The molecule has 1 saturated heterocycles. The van der Waals surface area contributed by atoms with Crippen LogP contribution in [0.15, 0.2) is 48.5 Å². The first-order valence-electron chi connectivity index (χ1n) is 10.1. The number of rotatable bonds is 2. The number of nitrogens with zero attached hydrogens (tertiary/aromatic N) is 2. The standard InChI is InChI=1S/C24H28N2O2/c1-24(2,3)20-10-6-7-11-21(20)26-16-19(14-22(26)27)23(28)25-13-12-17-8-4-5-9-18(17)15-25/h4-11,19H,12-16H2,1-3H3. The van der Waals surface area contributed by atoms with Gasteiger partial charge in [-0.25, -0.2) is 0 Å². The molecule has 0 spiro atoms. The van der Waals surface area contributed by atoms with Gasteiger partial charge in [-0.1, -0.05) is 63.2 Å². The summed E-state index contributed by atoms with van der Waals surface area (Å²) in [7, 11) is 0. The van der Waals surface area contributed by atoms with Gasteiger partial charge in [0.1, 0.15) is 0 Å². The van der Waals surface area contributed by atoms with Crippen molar-refractivity contribution in [1.29, 1.82) is 0 Å². The molecule has 1 fully saturated rings. The number of hydrogen-bond acceptors (Lipinski definition) is 2. The highest BCUT2D eigenvalue weighted by atomic mass is 16.2. The summed E-state index contributed by atoms with van der Waals surface area (Å²) in [6, 6.07) is 16.4. The fourth-order valence-electron chi connectivity index (χ4n) is 4.39. The number of fused-ring (bicyclic) bond motifs is 1. The van der Waals surface area contributed by atoms with E-state index in [2.05, 4.69) is 45.0 Å². The zero-order valence-electron chi connectivity index (χ0n) is 16.9. The molecule has 0 N–H and O–H groups in total. The smallest absolute Gasteiger partial charge is 0.228 e. The van der Waals surface area contributed by atoms with Gasteiger partial charge in [0, 0.05) is 31.7 Å². The summed E-state index contributed by atoms with van der Waals surface area (Å²) in [6.07, 6.45) is 1.19. The summed E-state index contributed by atoms with van der Waals surface area (Å²) < 4.78 is 0. The van der Waals surface area contributed by atoms with Gasteiger partial charge in [0.15, 0.2) is 0 Å². The fraction of sp³-hybridized carbons (Fsp3) is 0.417. The van der Waals surface area contributed by atoms with Crippen LogP contribution in [0.3, 0.4) is 0 Å². The van der Waals surface area contributed by atoms with Gasteiger partial charge in [-0.05, 0) is 34.6 Å². The third-order valence-electron chi connectivity index (χ3n) is 5.92. The molecule has 0 aromatic heterocycles. The zero-order valence-corrected chi connectivity index (χ0v) is 16.9. The van der Waals surface area contributed by atoms with Gasteiger partial charge >= 0.3 is 0 Å². The Labute approximate surface area is 167 Å². The molecule has 0 radical (unpaired) electrons. The average Bonchev–Trinajstić information content (AvgIpc) is 3.08. The first-order chi connectivity index (χ1) is 13.3. The average molecular weight is 377 g/mol. The maximum atomic E-state index is 13.2. The van der Waals surface area contributed by atoms with Crippen molar-refractivity contribution in [2.24, 2.45) is 5.92 Å². The van der Waals surface area contributed by atoms with Crippen LogP contribution in [0.1, 0.15) is 43.9 Å². The molecule has 1 unspecified atom stereocenters. The van der Waals surface area contributed by atoms with Crippen LogP contribution < -0.4 is 4.90 Å². The maximum absolute atomic E-state index is 13.2. The number of hydrogen-bond donors (Lipinski definition) is 0. The minimum absolute atomic E-state index is 0.0486. The number of amides is 2. The predicted octanol–water partition coefficient (Wildman–Crippen LogP) is 3.92. The minimum atomic E-state index is -0.259. The lowest BCUT2D eigenvalue weighted by atomic mass is 9.85. The number of anilines is 1. The Hall–Kier alpha value is -2.62. The maximum Gasteiger partial charge on any atom is 0.228 e. The largest absolute Gasteiger partial charge is 0.338 e. The summed E-state index contributed by atoms with van der Waals surface area (Å²) in [5.74, 6) is -0.100. The van der Waals surface area contributed by atoms with Gasteiger partial charge in [-0.15, -0.1) is 0 Å². The van der Waals surface area contributed by atoms with Crippen molar-refractivity contribution in [2.45, 2.75) is 45.6 Å². The van der Waals surface area contributed by atoms with Crippen LogP contribution in [0.2, 0.25) is 0 Å². The second-order valence-electron chi connectivity index (χ2n) is 8.95. The second-order valence-corrected chi connectivity index (χ2v) is 8.95. The molecule has 2 aromatic carbocycles. The summed E-state index contributed by atoms with van der Waals surface area (Å²) >= 11 is 0. The van der Waals surface area contributed by atoms with E-state index in [-0.39, 0.29) is 23.1 Å². The molecule has 28 heavy (non-hydrogen) atoms. The molecule has 4 heteroatoms. The Morgan fingerprint density at radius 1 is 1.00 bits per heavy atom. The van der Waals surface area contributed by atoms with Crippen molar-refractivity contribution in [3.63, 3.8) is 0 Å². The molecule has 2 aliphatic heterocycles. The topological polar surface area (TPSA) is 40.6 Å². The predicted molar refractivity (Wildman–Crippen MR) is 111 cm³/mol. The highest BCUT2D eigenvalue weighted by molar-refractivity contribution is 6.01. The highest BCUT2D eigenvalue weighted by Gasteiger charge is 2.39. The number of carbonyl (C=O) groups excluding carboxylic acids is 2. The molecule has 0 saturated carbocycles. The van der Waals surface area contributed by atoms with E-state index < -0.39 is 0 Å². The second kappa shape index (κ2) is 7.08. The van der Waals surface area contributed by atoms with Crippen LogP contribution in [-0.4, -0.2) is 29.8 Å². The zero-order chi connectivity index (χ0) is 19.9. The van der Waals surface area contributed by atoms with Gasteiger partial charge in [0.25, 0.3) is 0 Å². The van der Waals surface area contributed by atoms with E-state index >= 15 is 0 Å². The van der Waals surface area contributed by atoms with Crippen molar-refractivity contribution in [3.8, 4) is 0 Å². The van der Waals surface area contributed by atoms with Crippen LogP contribution in [0, 0.1) is 5.92 Å². The minimum Gasteiger partial charge on any atom is -0.338 e. The van der Waals surface area contributed by atoms with E-state index in [0.29, 0.717) is 19.5 Å². The molecule has 4 nitrogen and oxygen atoms in total. The van der Waals surface area contributed by atoms with Crippen molar-refractivity contribution < 1.29 is 9.59 Å². The number of benzene rings is 2. The molecule has 2 aliphatic rings. The lowest BCUT2D eigenvalue weighted by molar-refractivity contribution is -0.136. The molecule has 0 bridgehead atoms. The van der Waals surface area contributed by atoms with Crippen LogP contribution in [0.25, 0.3) is 0 Å². The molecule has 0 aliphatic carbocycles. The first-order valence-corrected chi connectivity index (χ1v) is 10.1. The molecule has 2 amide bonds. The van der Waals surface area contributed by atoms with E-state index in [0.717, 1.165) is 24.2 Å². The molecular weight excluding hydrogens is 348 g/mol. The van der Waals surface area contributed by atoms with Crippen molar-refractivity contribution in [3.05, 3.63) is 65.2 Å². The van der Waals surface area contributed by atoms with E-state index in [4.69, 9.17) is 0 Å². The van der Waals surface area contributed by atoms with Crippen LogP contribution in [0.4, 0.5) is 5.69 Å². The third kappa shape index (κ3) is 3.44. The summed E-state index contributed by atoms with van der Waals surface area (Å²) in [5, 5.41) is 0. The van der Waals surface area contributed by atoms with Gasteiger partial charge in [-0.2, -0.15) is 0 Å². The van der Waals surface area contributed by atoms with Crippen LogP contribution >= 0.6 is 0 Å². The molecule has 2 heterocycles. The molecule has 2 aromatic rings. The van der Waals surface area contributed by atoms with Crippen LogP contribution in [0.5, 0.6) is 0 Å². The van der Waals surface area contributed by atoms with Crippen molar-refractivity contribution in [2.75, 3.05) is 18.0 Å². The lowest BCUT2D eigenvalue weighted by Crippen LogP contribution is -2.40. The lowest BCUT2D eigenvalue weighted by Gasteiger charge is -2.31. The number of para-hydroxylation sites is 1. The Morgan fingerprint density at radius 3 is 2.43 bits per heavy atom. The summed E-state index contributed by atoms with van der Waals surface area (Å²) in [5.41, 5.74) is 4.58. The van der Waals surface area contributed by atoms with Gasteiger partial charge in [-0.3, -0.25) is 9.59 Å². The highest BCUT2D eigenvalue weighted by Crippen LogP contribution is 2.35. The summed E-state index contributed by atoms with van der Waals surface area (Å²) in [4.78, 5) is 29.7. The van der Waals surface area contributed by atoms with E-state index in [9.17, 15) is 9.59 Å². The van der Waals surface area contributed by atoms with Crippen molar-refractivity contribution in [1.82, 2.24) is 4.90 Å². The first kappa shape index (κ1) is 18.7. The van der Waals surface area contributed by atoms with E-state index in [1.165, 1.54) is 11.1 Å². The molecule has 1 atom stereocenters. The molecule has 4 rings (SSSR count). The third-order valence-corrected chi connectivity index (χ3v) is 5.92. The molecule has 146 valence electrons. The van der Waals surface area contributed by atoms with Crippen LogP contribution in [-0.2, 0) is 28.0 Å². The monoisotopic (exact) mass is 376 g/mol. The van der Waals surface area contributed by atoms with E-state index in [1.807, 2.05) is 34.1 Å². The Morgan fingerprint density at radius 2 is 1.68 bits per heavy atom. The Balaban J connectivity index is 1.52. The van der Waals surface area contributed by atoms with Gasteiger partial charge < -0.3 is 9.80 Å². The fourth-order valence-corrected chi connectivity index (χ4v) is 4.39.